The highest BCUT2D eigenvalue weighted by molar-refractivity contribution is 5.44. The van der Waals surface area contributed by atoms with Crippen molar-refractivity contribution in [2.45, 2.75) is 39.3 Å². The first-order valence-electron chi connectivity index (χ1n) is 7.00. The van der Waals surface area contributed by atoms with Crippen molar-refractivity contribution in [2.75, 3.05) is 0 Å². The smallest absolute Gasteiger partial charge is 0.272 e. The molecule has 0 bridgehead atoms. The molecule has 1 aromatic heterocycles. The molecule has 6 nitrogen and oxygen atoms in total. The molecule has 21 heavy (non-hydrogen) atoms. The van der Waals surface area contributed by atoms with Crippen molar-refractivity contribution >= 4 is 5.69 Å². The summed E-state index contributed by atoms with van der Waals surface area (Å²) in [6.45, 7) is 4.40. The largest absolute Gasteiger partial charge is 0.333 e. The van der Waals surface area contributed by atoms with Gasteiger partial charge in [0.1, 0.15) is 0 Å². The summed E-state index contributed by atoms with van der Waals surface area (Å²) in [5, 5.41) is 11.0. The summed E-state index contributed by atoms with van der Waals surface area (Å²) in [5.41, 5.74) is 8.65. The average Bonchev–Trinajstić information content (AvgIpc) is 2.88. The second-order valence-corrected chi connectivity index (χ2v) is 5.23. The molecule has 2 N–H and O–H groups in total. The average molecular weight is 288 g/mol. The number of aromatic nitrogens is 2. The molecular weight excluding hydrogens is 268 g/mol. The van der Waals surface area contributed by atoms with Gasteiger partial charge in [-0.3, -0.25) is 10.1 Å². The molecule has 0 saturated heterocycles. The lowest BCUT2D eigenvalue weighted by Gasteiger charge is -2.07. The van der Waals surface area contributed by atoms with Gasteiger partial charge < -0.3 is 10.3 Å². The molecule has 0 radical (unpaired) electrons. The van der Waals surface area contributed by atoms with Crippen molar-refractivity contribution in [2.24, 2.45) is 5.73 Å². The minimum Gasteiger partial charge on any atom is -0.333 e. The molecule has 0 fully saturated rings. The standard InChI is InChI=1S/C15H20N4O2/c1-3-13(16)7-14-9-18(10-17-14)8-12-5-4-6-15(11(12)2)19(20)21/h4-6,9-10,13H,3,7-8,16H2,1-2H3. The molecule has 2 aromatic rings. The number of hydrogen-bond donors (Lipinski definition) is 1. The Morgan fingerprint density at radius 3 is 2.90 bits per heavy atom. The van der Waals surface area contributed by atoms with E-state index in [1.807, 2.05) is 23.8 Å². The number of nitrogens with two attached hydrogens (primary N) is 1. The maximum Gasteiger partial charge on any atom is 0.272 e. The third-order valence-electron chi connectivity index (χ3n) is 3.65. The Labute approximate surface area is 123 Å². The second kappa shape index (κ2) is 6.49. The van der Waals surface area contributed by atoms with E-state index >= 15 is 0 Å². The van der Waals surface area contributed by atoms with E-state index in [1.165, 1.54) is 6.07 Å². The molecule has 0 saturated carbocycles. The topological polar surface area (TPSA) is 87.0 Å². The molecule has 1 heterocycles. The predicted octanol–water partition coefficient (Wildman–Crippen LogP) is 2.43. The fourth-order valence-corrected chi connectivity index (χ4v) is 2.25. The lowest BCUT2D eigenvalue weighted by Crippen LogP contribution is -2.21. The van der Waals surface area contributed by atoms with Crippen molar-refractivity contribution < 1.29 is 4.92 Å². The van der Waals surface area contributed by atoms with Crippen LogP contribution in [-0.4, -0.2) is 20.5 Å². The summed E-state index contributed by atoms with van der Waals surface area (Å²) in [5.74, 6) is 0. The van der Waals surface area contributed by atoms with Crippen LogP contribution in [0.5, 0.6) is 0 Å². The second-order valence-electron chi connectivity index (χ2n) is 5.23. The normalized spacial score (nSPS) is 12.3. The summed E-state index contributed by atoms with van der Waals surface area (Å²) in [6, 6.07) is 5.26. The van der Waals surface area contributed by atoms with Gasteiger partial charge in [-0.2, -0.15) is 0 Å². The van der Waals surface area contributed by atoms with Gasteiger partial charge in [0, 0.05) is 36.8 Å². The van der Waals surface area contributed by atoms with Gasteiger partial charge in [-0.15, -0.1) is 0 Å². The Kier molecular flexibility index (Phi) is 4.70. The van der Waals surface area contributed by atoms with Crippen LogP contribution in [0.25, 0.3) is 0 Å². The van der Waals surface area contributed by atoms with Gasteiger partial charge in [-0.25, -0.2) is 4.98 Å². The first-order valence-corrected chi connectivity index (χ1v) is 7.00. The van der Waals surface area contributed by atoms with Crippen LogP contribution in [0.1, 0.15) is 30.2 Å². The van der Waals surface area contributed by atoms with Crippen molar-refractivity contribution in [1.82, 2.24) is 9.55 Å². The van der Waals surface area contributed by atoms with Gasteiger partial charge in [0.15, 0.2) is 0 Å². The Bertz CT molecular complexity index is 636. The minimum absolute atomic E-state index is 0.118. The molecule has 6 heteroatoms. The number of nitrogens with zero attached hydrogens (tertiary/aromatic N) is 3. The third-order valence-corrected chi connectivity index (χ3v) is 3.65. The number of nitro benzene ring substituents is 1. The Balaban J connectivity index is 2.15. The van der Waals surface area contributed by atoms with Gasteiger partial charge in [-0.1, -0.05) is 19.1 Å². The molecule has 0 aliphatic rings. The molecule has 0 amide bonds. The van der Waals surface area contributed by atoms with E-state index in [2.05, 4.69) is 4.98 Å². The molecule has 0 aliphatic carbocycles. The molecule has 1 unspecified atom stereocenters. The number of imidazole rings is 1. The van der Waals surface area contributed by atoms with Crippen LogP contribution in [0, 0.1) is 17.0 Å². The van der Waals surface area contributed by atoms with Crippen LogP contribution >= 0.6 is 0 Å². The van der Waals surface area contributed by atoms with Crippen molar-refractivity contribution in [3.05, 3.63) is 57.7 Å². The van der Waals surface area contributed by atoms with E-state index in [0.717, 1.165) is 24.1 Å². The highest BCUT2D eigenvalue weighted by Gasteiger charge is 2.13. The van der Waals surface area contributed by atoms with Crippen LogP contribution in [0.4, 0.5) is 5.69 Å². The number of nitro groups is 1. The fraction of sp³-hybridized carbons (Fsp3) is 0.400. The maximum atomic E-state index is 11.0. The monoisotopic (exact) mass is 288 g/mol. The van der Waals surface area contributed by atoms with Gasteiger partial charge in [0.25, 0.3) is 5.69 Å². The van der Waals surface area contributed by atoms with Crippen LogP contribution in [0.3, 0.4) is 0 Å². The molecule has 2 rings (SSSR count). The minimum atomic E-state index is -0.349. The van der Waals surface area contributed by atoms with Crippen LogP contribution < -0.4 is 5.73 Å². The van der Waals surface area contributed by atoms with Crippen molar-refractivity contribution in [3.8, 4) is 0 Å². The Morgan fingerprint density at radius 1 is 1.48 bits per heavy atom. The molecule has 0 aliphatic heterocycles. The fourth-order valence-electron chi connectivity index (χ4n) is 2.25. The SMILES string of the molecule is CCC(N)Cc1cn(Cc2cccc([N+](=O)[O-])c2C)cn1. The lowest BCUT2D eigenvalue weighted by molar-refractivity contribution is -0.385. The van der Waals surface area contributed by atoms with E-state index in [-0.39, 0.29) is 16.7 Å². The molecule has 1 atom stereocenters. The number of rotatable bonds is 6. The summed E-state index contributed by atoms with van der Waals surface area (Å²) >= 11 is 0. The van der Waals surface area contributed by atoms with Crippen molar-refractivity contribution in [1.29, 1.82) is 0 Å². The summed E-state index contributed by atoms with van der Waals surface area (Å²) in [7, 11) is 0. The van der Waals surface area contributed by atoms with Crippen LogP contribution in [0.15, 0.2) is 30.7 Å². The van der Waals surface area contributed by atoms with Gasteiger partial charge in [0.2, 0.25) is 0 Å². The molecular formula is C15H20N4O2. The van der Waals surface area contributed by atoms with E-state index in [4.69, 9.17) is 5.73 Å². The van der Waals surface area contributed by atoms with Gasteiger partial charge in [-0.05, 0) is 18.9 Å². The van der Waals surface area contributed by atoms with E-state index < -0.39 is 0 Å². The van der Waals surface area contributed by atoms with Crippen LogP contribution in [0.2, 0.25) is 0 Å². The summed E-state index contributed by atoms with van der Waals surface area (Å²) in [4.78, 5) is 14.9. The predicted molar refractivity (Wildman–Crippen MR) is 81.1 cm³/mol. The van der Waals surface area contributed by atoms with Gasteiger partial charge in [0.05, 0.1) is 16.9 Å². The highest BCUT2D eigenvalue weighted by atomic mass is 16.6. The van der Waals surface area contributed by atoms with Crippen LogP contribution in [-0.2, 0) is 13.0 Å². The molecule has 112 valence electrons. The maximum absolute atomic E-state index is 11.0. The quantitative estimate of drug-likeness (QED) is 0.653. The summed E-state index contributed by atoms with van der Waals surface area (Å²) in [6.07, 6.45) is 5.36. The zero-order chi connectivity index (χ0) is 15.4. The van der Waals surface area contributed by atoms with E-state index in [1.54, 1.807) is 19.3 Å². The van der Waals surface area contributed by atoms with Crippen molar-refractivity contribution in [3.63, 3.8) is 0 Å². The number of hydrogen-bond acceptors (Lipinski definition) is 4. The Hall–Kier alpha value is -2.21. The highest BCUT2D eigenvalue weighted by Crippen LogP contribution is 2.21. The molecule has 0 spiro atoms. The first kappa shape index (κ1) is 15.2. The summed E-state index contributed by atoms with van der Waals surface area (Å²) < 4.78 is 1.93. The first-order chi connectivity index (χ1) is 10.0. The van der Waals surface area contributed by atoms with E-state index in [0.29, 0.717) is 12.1 Å². The lowest BCUT2D eigenvalue weighted by atomic mass is 10.1. The van der Waals surface area contributed by atoms with Gasteiger partial charge >= 0.3 is 0 Å². The number of benzene rings is 1. The third kappa shape index (κ3) is 3.66. The Morgan fingerprint density at radius 2 is 2.24 bits per heavy atom. The zero-order valence-electron chi connectivity index (χ0n) is 12.3. The molecule has 1 aromatic carbocycles. The van der Waals surface area contributed by atoms with E-state index in [9.17, 15) is 10.1 Å². The zero-order valence-corrected chi connectivity index (χ0v) is 12.3.